The number of halogens is 2. The fourth-order valence-corrected chi connectivity index (χ4v) is 1.61. The second kappa shape index (κ2) is 4.99. The molecule has 0 unspecified atom stereocenters. The summed E-state index contributed by atoms with van der Waals surface area (Å²) >= 11 is 0. The van der Waals surface area contributed by atoms with E-state index in [1.165, 1.54) is 0 Å². The van der Waals surface area contributed by atoms with Crippen molar-refractivity contribution in [1.29, 1.82) is 0 Å². The van der Waals surface area contributed by atoms with Crippen LogP contribution >= 0.6 is 0 Å². The van der Waals surface area contributed by atoms with Crippen molar-refractivity contribution in [3.8, 4) is 0 Å². The summed E-state index contributed by atoms with van der Waals surface area (Å²) in [6, 6.07) is 2.13. The van der Waals surface area contributed by atoms with E-state index in [2.05, 4.69) is 15.5 Å². The van der Waals surface area contributed by atoms with E-state index < -0.39 is 11.6 Å². The van der Waals surface area contributed by atoms with E-state index in [0.717, 1.165) is 12.1 Å². The van der Waals surface area contributed by atoms with Crippen molar-refractivity contribution < 1.29 is 8.78 Å². The third kappa shape index (κ3) is 2.39. The van der Waals surface area contributed by atoms with Gasteiger partial charge < -0.3 is 15.6 Å². The quantitative estimate of drug-likeness (QED) is 0.815. The molecule has 5 nitrogen and oxygen atoms in total. The smallest absolute Gasteiger partial charge is 0.152 e. The molecule has 1 heterocycles. The van der Waals surface area contributed by atoms with Crippen molar-refractivity contribution >= 4 is 11.4 Å². The molecule has 96 valence electrons. The second-order valence-corrected chi connectivity index (χ2v) is 3.75. The van der Waals surface area contributed by atoms with Crippen LogP contribution in [-0.4, -0.2) is 14.8 Å². The van der Waals surface area contributed by atoms with Crippen LogP contribution in [0.1, 0.15) is 12.7 Å². The van der Waals surface area contributed by atoms with Crippen molar-refractivity contribution in [3.63, 3.8) is 0 Å². The van der Waals surface area contributed by atoms with Crippen molar-refractivity contribution in [2.24, 2.45) is 0 Å². The molecule has 0 aliphatic carbocycles. The molecule has 0 radical (unpaired) electrons. The van der Waals surface area contributed by atoms with Gasteiger partial charge in [-0.05, 0) is 19.1 Å². The number of nitrogens with two attached hydrogens (primary N) is 1. The molecule has 1 aromatic carbocycles. The van der Waals surface area contributed by atoms with Gasteiger partial charge in [0.05, 0.1) is 6.54 Å². The molecule has 0 amide bonds. The van der Waals surface area contributed by atoms with Gasteiger partial charge in [-0.25, -0.2) is 8.78 Å². The number of hydrogen-bond acceptors (Lipinski definition) is 4. The van der Waals surface area contributed by atoms with Gasteiger partial charge in [0.1, 0.15) is 12.0 Å². The van der Waals surface area contributed by atoms with E-state index in [9.17, 15) is 8.78 Å². The highest BCUT2D eigenvalue weighted by atomic mass is 19.1. The average Bonchev–Trinajstić information content (AvgIpc) is 2.75. The Morgan fingerprint density at radius 3 is 2.61 bits per heavy atom. The Balaban J connectivity index is 2.16. The van der Waals surface area contributed by atoms with Crippen LogP contribution in [0.3, 0.4) is 0 Å². The Hall–Kier alpha value is -2.18. The molecule has 7 heteroatoms. The lowest BCUT2D eigenvalue weighted by Crippen LogP contribution is -2.10. The predicted octanol–water partition coefficient (Wildman–Crippen LogP) is 1.77. The van der Waals surface area contributed by atoms with Gasteiger partial charge in [-0.3, -0.25) is 0 Å². The third-order valence-electron chi connectivity index (χ3n) is 2.52. The number of nitrogens with one attached hydrogen (secondary N) is 1. The number of anilines is 2. The molecular formula is C11H13F2N5. The molecule has 0 aliphatic rings. The first-order valence-electron chi connectivity index (χ1n) is 5.47. The Labute approximate surface area is 103 Å². The standard InChI is InChI=1S/C11H13F2N5/c1-2-18-6-16-17-10(18)5-15-11-8(12)3-7(14)4-9(11)13/h3-4,6,15H,2,5,14H2,1H3. The van der Waals surface area contributed by atoms with Gasteiger partial charge in [-0.15, -0.1) is 10.2 Å². The number of aryl methyl sites for hydroxylation is 1. The van der Waals surface area contributed by atoms with E-state index in [4.69, 9.17) is 5.73 Å². The summed E-state index contributed by atoms with van der Waals surface area (Å²) in [5.74, 6) is -0.849. The molecule has 0 aliphatic heterocycles. The van der Waals surface area contributed by atoms with Crippen LogP contribution in [0.25, 0.3) is 0 Å². The van der Waals surface area contributed by atoms with Crippen molar-refractivity contribution in [3.05, 3.63) is 35.9 Å². The van der Waals surface area contributed by atoms with Gasteiger partial charge in [-0.1, -0.05) is 0 Å². The zero-order chi connectivity index (χ0) is 13.1. The molecule has 1 aromatic heterocycles. The van der Waals surface area contributed by atoms with Crippen molar-refractivity contribution in [1.82, 2.24) is 14.8 Å². The average molecular weight is 253 g/mol. The van der Waals surface area contributed by atoms with Crippen LogP contribution < -0.4 is 11.1 Å². The lowest BCUT2D eigenvalue weighted by atomic mass is 10.2. The maximum absolute atomic E-state index is 13.5. The summed E-state index contributed by atoms with van der Waals surface area (Å²) in [6.07, 6.45) is 1.56. The topological polar surface area (TPSA) is 68.8 Å². The number of nitrogen functional groups attached to an aromatic ring is 1. The number of rotatable bonds is 4. The minimum atomic E-state index is -0.727. The first kappa shape index (κ1) is 12.3. The Morgan fingerprint density at radius 1 is 1.33 bits per heavy atom. The van der Waals surface area contributed by atoms with Crippen molar-refractivity contribution in [2.75, 3.05) is 11.1 Å². The summed E-state index contributed by atoms with van der Waals surface area (Å²) in [5.41, 5.74) is 5.17. The predicted molar refractivity (Wildman–Crippen MR) is 63.8 cm³/mol. The monoisotopic (exact) mass is 253 g/mol. The Bertz CT molecular complexity index is 529. The lowest BCUT2D eigenvalue weighted by molar-refractivity contribution is 0.587. The number of nitrogens with zero attached hydrogens (tertiary/aromatic N) is 3. The molecule has 2 aromatic rings. The Morgan fingerprint density at radius 2 is 2.00 bits per heavy atom. The third-order valence-corrected chi connectivity index (χ3v) is 2.52. The zero-order valence-corrected chi connectivity index (χ0v) is 9.82. The maximum Gasteiger partial charge on any atom is 0.152 e. The lowest BCUT2D eigenvalue weighted by Gasteiger charge is -2.09. The molecule has 2 rings (SSSR count). The van der Waals surface area contributed by atoms with E-state index in [1.54, 1.807) is 10.9 Å². The fourth-order valence-electron chi connectivity index (χ4n) is 1.61. The first-order chi connectivity index (χ1) is 8.61. The molecule has 18 heavy (non-hydrogen) atoms. The van der Waals surface area contributed by atoms with Gasteiger partial charge in [0.2, 0.25) is 0 Å². The molecule has 0 saturated carbocycles. The van der Waals surface area contributed by atoms with E-state index in [0.29, 0.717) is 12.4 Å². The van der Waals surface area contributed by atoms with Crippen LogP contribution in [0.4, 0.5) is 20.2 Å². The molecule has 0 spiro atoms. The zero-order valence-electron chi connectivity index (χ0n) is 9.82. The molecule has 0 saturated heterocycles. The van der Waals surface area contributed by atoms with E-state index in [-0.39, 0.29) is 17.9 Å². The summed E-state index contributed by atoms with van der Waals surface area (Å²) in [5, 5.41) is 10.2. The van der Waals surface area contributed by atoms with Crippen LogP contribution in [-0.2, 0) is 13.1 Å². The van der Waals surface area contributed by atoms with Gasteiger partial charge in [0.25, 0.3) is 0 Å². The van der Waals surface area contributed by atoms with E-state index in [1.807, 2.05) is 6.92 Å². The Kier molecular flexibility index (Phi) is 3.40. The summed E-state index contributed by atoms with van der Waals surface area (Å²) < 4.78 is 28.8. The highest BCUT2D eigenvalue weighted by Gasteiger charge is 2.11. The number of aromatic nitrogens is 3. The highest BCUT2D eigenvalue weighted by Crippen LogP contribution is 2.22. The number of benzene rings is 1. The molecule has 0 fully saturated rings. The van der Waals surface area contributed by atoms with Crippen LogP contribution in [0.5, 0.6) is 0 Å². The first-order valence-corrected chi connectivity index (χ1v) is 5.47. The van der Waals surface area contributed by atoms with E-state index >= 15 is 0 Å². The van der Waals surface area contributed by atoms with Crippen LogP contribution in [0.15, 0.2) is 18.5 Å². The largest absolute Gasteiger partial charge is 0.399 e. The molecular weight excluding hydrogens is 240 g/mol. The fraction of sp³-hybridized carbons (Fsp3) is 0.273. The van der Waals surface area contributed by atoms with Crippen LogP contribution in [0.2, 0.25) is 0 Å². The number of hydrogen-bond donors (Lipinski definition) is 2. The second-order valence-electron chi connectivity index (χ2n) is 3.75. The minimum Gasteiger partial charge on any atom is -0.399 e. The summed E-state index contributed by atoms with van der Waals surface area (Å²) in [7, 11) is 0. The van der Waals surface area contributed by atoms with Gasteiger partial charge >= 0.3 is 0 Å². The van der Waals surface area contributed by atoms with Gasteiger partial charge in [0, 0.05) is 12.2 Å². The SMILES string of the molecule is CCn1cnnc1CNc1c(F)cc(N)cc1F. The summed E-state index contributed by atoms with van der Waals surface area (Å²) in [6.45, 7) is 2.81. The summed E-state index contributed by atoms with van der Waals surface area (Å²) in [4.78, 5) is 0. The molecule has 0 bridgehead atoms. The highest BCUT2D eigenvalue weighted by molar-refractivity contribution is 5.54. The maximum atomic E-state index is 13.5. The van der Waals surface area contributed by atoms with Crippen molar-refractivity contribution in [2.45, 2.75) is 20.0 Å². The van der Waals surface area contributed by atoms with Gasteiger partial charge in [0.15, 0.2) is 17.5 Å². The molecule has 3 N–H and O–H groups in total. The molecule has 0 atom stereocenters. The normalized spacial score (nSPS) is 10.6. The van der Waals surface area contributed by atoms with Crippen LogP contribution in [0, 0.1) is 11.6 Å². The minimum absolute atomic E-state index is 0.0484. The van der Waals surface area contributed by atoms with Gasteiger partial charge in [-0.2, -0.15) is 0 Å².